The fourth-order valence-electron chi connectivity index (χ4n) is 2.25. The molecular formula is C18H20O3. The number of benzene rings is 2. The Kier molecular flexibility index (Phi) is 5.12. The van der Waals surface area contributed by atoms with Gasteiger partial charge in [0.1, 0.15) is 12.2 Å². The summed E-state index contributed by atoms with van der Waals surface area (Å²) in [7, 11) is 0. The highest BCUT2D eigenvalue weighted by Gasteiger charge is 2.30. The van der Waals surface area contributed by atoms with Gasteiger partial charge < -0.3 is 9.47 Å². The molecule has 0 bridgehead atoms. The largest absolute Gasteiger partial charge is 0.464 e. The van der Waals surface area contributed by atoms with Gasteiger partial charge in [-0.3, -0.25) is 0 Å². The van der Waals surface area contributed by atoms with Crippen LogP contribution in [0, 0.1) is 0 Å². The summed E-state index contributed by atoms with van der Waals surface area (Å²) in [4.78, 5) is 11.6. The second-order valence-electron chi connectivity index (χ2n) is 4.86. The van der Waals surface area contributed by atoms with Crippen LogP contribution < -0.4 is 0 Å². The average Bonchev–Trinajstić information content (AvgIpc) is 2.54. The molecular weight excluding hydrogens is 264 g/mol. The lowest BCUT2D eigenvalue weighted by Crippen LogP contribution is -2.30. The van der Waals surface area contributed by atoms with E-state index in [1.165, 1.54) is 0 Å². The molecule has 3 nitrogen and oxygen atoms in total. The first-order chi connectivity index (χ1) is 10.2. The van der Waals surface area contributed by atoms with Gasteiger partial charge in [-0.25, -0.2) is 4.79 Å². The van der Waals surface area contributed by atoms with Crippen molar-refractivity contribution in [2.24, 2.45) is 0 Å². The SMILES string of the molecule is CCOC(=O)COC(C)(c1ccccc1)c1ccccc1. The van der Waals surface area contributed by atoms with E-state index < -0.39 is 5.60 Å². The van der Waals surface area contributed by atoms with E-state index in [1.807, 2.05) is 67.6 Å². The van der Waals surface area contributed by atoms with Crippen LogP contribution in [0.3, 0.4) is 0 Å². The van der Waals surface area contributed by atoms with Gasteiger partial charge in [-0.05, 0) is 25.0 Å². The first kappa shape index (κ1) is 15.3. The number of hydrogen-bond acceptors (Lipinski definition) is 3. The smallest absolute Gasteiger partial charge is 0.332 e. The van der Waals surface area contributed by atoms with Gasteiger partial charge in [0.05, 0.1) is 6.61 Å². The van der Waals surface area contributed by atoms with E-state index in [0.717, 1.165) is 11.1 Å². The number of ether oxygens (including phenoxy) is 2. The van der Waals surface area contributed by atoms with Crippen LogP contribution >= 0.6 is 0 Å². The quantitative estimate of drug-likeness (QED) is 0.761. The Labute approximate surface area is 125 Å². The Balaban J connectivity index is 2.29. The Morgan fingerprint density at radius 1 is 0.952 bits per heavy atom. The van der Waals surface area contributed by atoms with Crippen LogP contribution in [-0.2, 0) is 19.9 Å². The zero-order valence-electron chi connectivity index (χ0n) is 12.4. The lowest BCUT2D eigenvalue weighted by atomic mass is 9.88. The molecule has 0 unspecified atom stereocenters. The minimum absolute atomic E-state index is 0.0753. The molecule has 0 aromatic heterocycles. The third-order valence-electron chi connectivity index (χ3n) is 3.43. The van der Waals surface area contributed by atoms with E-state index in [9.17, 15) is 4.79 Å². The Morgan fingerprint density at radius 3 is 1.86 bits per heavy atom. The molecule has 21 heavy (non-hydrogen) atoms. The molecule has 0 amide bonds. The van der Waals surface area contributed by atoms with E-state index in [0.29, 0.717) is 6.61 Å². The fourth-order valence-corrected chi connectivity index (χ4v) is 2.25. The summed E-state index contributed by atoms with van der Waals surface area (Å²) in [5, 5.41) is 0. The van der Waals surface area contributed by atoms with Crippen LogP contribution in [0.1, 0.15) is 25.0 Å². The standard InChI is InChI=1S/C18H20O3/c1-3-20-17(19)14-21-18(2,15-10-6-4-7-11-15)16-12-8-5-9-13-16/h4-13H,3,14H2,1-2H3. The molecule has 0 fully saturated rings. The van der Waals surface area contributed by atoms with Crippen molar-refractivity contribution in [3.63, 3.8) is 0 Å². The summed E-state index contributed by atoms with van der Waals surface area (Å²) in [5.74, 6) is -0.351. The summed E-state index contributed by atoms with van der Waals surface area (Å²) in [5.41, 5.74) is 1.32. The molecule has 0 spiro atoms. The van der Waals surface area contributed by atoms with Gasteiger partial charge in [0.15, 0.2) is 0 Å². The highest BCUT2D eigenvalue weighted by molar-refractivity contribution is 5.70. The van der Waals surface area contributed by atoms with Gasteiger partial charge in [0, 0.05) is 0 Å². The van der Waals surface area contributed by atoms with Crippen LogP contribution in [0.25, 0.3) is 0 Å². The zero-order valence-corrected chi connectivity index (χ0v) is 12.4. The minimum atomic E-state index is -0.685. The number of carbonyl (C=O) groups excluding carboxylic acids is 1. The molecule has 2 aromatic rings. The van der Waals surface area contributed by atoms with Gasteiger partial charge >= 0.3 is 5.97 Å². The highest BCUT2D eigenvalue weighted by Crippen LogP contribution is 2.33. The van der Waals surface area contributed by atoms with Crippen molar-refractivity contribution in [2.45, 2.75) is 19.4 Å². The van der Waals surface area contributed by atoms with Crippen molar-refractivity contribution < 1.29 is 14.3 Å². The fraction of sp³-hybridized carbons (Fsp3) is 0.278. The lowest BCUT2D eigenvalue weighted by molar-refractivity contribution is -0.153. The number of esters is 1. The maximum Gasteiger partial charge on any atom is 0.332 e. The van der Waals surface area contributed by atoms with Crippen molar-refractivity contribution in [3.8, 4) is 0 Å². The molecule has 2 aromatic carbocycles. The third-order valence-corrected chi connectivity index (χ3v) is 3.43. The van der Waals surface area contributed by atoms with Crippen LogP contribution in [-0.4, -0.2) is 19.2 Å². The monoisotopic (exact) mass is 284 g/mol. The predicted molar refractivity (Wildman–Crippen MR) is 81.9 cm³/mol. The lowest BCUT2D eigenvalue weighted by Gasteiger charge is -2.30. The first-order valence-electron chi connectivity index (χ1n) is 7.07. The number of rotatable bonds is 6. The summed E-state index contributed by atoms with van der Waals surface area (Å²) in [6.07, 6.45) is 0. The second kappa shape index (κ2) is 7.04. The maximum atomic E-state index is 11.6. The topological polar surface area (TPSA) is 35.5 Å². The van der Waals surface area contributed by atoms with Gasteiger partial charge in [0.25, 0.3) is 0 Å². The number of hydrogen-bond donors (Lipinski definition) is 0. The first-order valence-corrected chi connectivity index (χ1v) is 7.07. The van der Waals surface area contributed by atoms with Gasteiger partial charge in [-0.2, -0.15) is 0 Å². The molecule has 0 aliphatic rings. The molecule has 110 valence electrons. The molecule has 0 saturated heterocycles. The Bertz CT molecular complexity index is 524. The summed E-state index contributed by atoms with van der Waals surface area (Å²) in [6, 6.07) is 19.8. The third kappa shape index (κ3) is 3.70. The van der Waals surface area contributed by atoms with Gasteiger partial charge in [-0.15, -0.1) is 0 Å². The summed E-state index contributed by atoms with van der Waals surface area (Å²) in [6.45, 7) is 4.03. The molecule has 0 aliphatic heterocycles. The van der Waals surface area contributed by atoms with E-state index in [-0.39, 0.29) is 12.6 Å². The predicted octanol–water partition coefficient (Wildman–Crippen LogP) is 3.53. The van der Waals surface area contributed by atoms with Gasteiger partial charge in [-0.1, -0.05) is 60.7 Å². The Hall–Kier alpha value is -2.13. The molecule has 0 atom stereocenters. The van der Waals surface area contributed by atoms with E-state index in [4.69, 9.17) is 9.47 Å². The average molecular weight is 284 g/mol. The van der Waals surface area contributed by atoms with Crippen molar-refractivity contribution >= 4 is 5.97 Å². The molecule has 0 saturated carbocycles. The Morgan fingerprint density at radius 2 is 1.43 bits per heavy atom. The van der Waals surface area contributed by atoms with E-state index >= 15 is 0 Å². The summed E-state index contributed by atoms with van der Waals surface area (Å²) >= 11 is 0. The second-order valence-corrected chi connectivity index (χ2v) is 4.86. The van der Waals surface area contributed by atoms with Gasteiger partial charge in [0.2, 0.25) is 0 Å². The molecule has 0 heterocycles. The molecule has 0 N–H and O–H groups in total. The summed E-state index contributed by atoms with van der Waals surface area (Å²) < 4.78 is 10.9. The molecule has 0 aliphatic carbocycles. The minimum Gasteiger partial charge on any atom is -0.464 e. The number of carbonyl (C=O) groups is 1. The van der Waals surface area contributed by atoms with Crippen LogP contribution in [0.2, 0.25) is 0 Å². The van der Waals surface area contributed by atoms with Crippen LogP contribution in [0.5, 0.6) is 0 Å². The van der Waals surface area contributed by atoms with E-state index in [2.05, 4.69) is 0 Å². The van der Waals surface area contributed by atoms with Crippen molar-refractivity contribution in [1.82, 2.24) is 0 Å². The molecule has 3 heteroatoms. The van der Waals surface area contributed by atoms with Crippen LogP contribution in [0.15, 0.2) is 60.7 Å². The van der Waals surface area contributed by atoms with E-state index in [1.54, 1.807) is 6.92 Å². The normalized spacial score (nSPS) is 11.1. The highest BCUT2D eigenvalue weighted by atomic mass is 16.6. The van der Waals surface area contributed by atoms with Crippen molar-refractivity contribution in [3.05, 3.63) is 71.8 Å². The van der Waals surface area contributed by atoms with Crippen LogP contribution in [0.4, 0.5) is 0 Å². The molecule has 0 radical (unpaired) electrons. The van der Waals surface area contributed by atoms with Crippen molar-refractivity contribution in [2.75, 3.05) is 13.2 Å². The zero-order chi connectivity index (χ0) is 15.1. The van der Waals surface area contributed by atoms with Crippen molar-refractivity contribution in [1.29, 1.82) is 0 Å². The molecule has 2 rings (SSSR count). The maximum absolute atomic E-state index is 11.6.